The molecular formula is C17H26F4O3Si. The van der Waals surface area contributed by atoms with Gasteiger partial charge in [-0.25, -0.2) is 17.6 Å². The zero-order valence-electron chi connectivity index (χ0n) is 15.0. The molecule has 0 amide bonds. The molecule has 0 aliphatic heterocycles. The Hall–Kier alpha value is -0.963. The van der Waals surface area contributed by atoms with Gasteiger partial charge >= 0.3 is 8.80 Å². The minimum absolute atomic E-state index is 0.0794. The number of rotatable bonds is 10. The zero-order chi connectivity index (χ0) is 19.2. The molecule has 0 aliphatic rings. The van der Waals surface area contributed by atoms with Crippen LogP contribution in [0.1, 0.15) is 52.5 Å². The van der Waals surface area contributed by atoms with Crippen molar-refractivity contribution < 1.29 is 31.2 Å². The lowest BCUT2D eigenvalue weighted by molar-refractivity contribution is 0.0472. The fraction of sp³-hybridized carbons (Fsp3) is 0.647. The molecule has 0 unspecified atom stereocenters. The minimum Gasteiger partial charge on any atom is -0.390 e. The third-order valence-electron chi connectivity index (χ3n) is 3.46. The first-order chi connectivity index (χ1) is 11.6. The second-order valence-corrected chi connectivity index (χ2v) is 8.96. The van der Waals surface area contributed by atoms with Crippen LogP contribution < -0.4 is 0 Å². The smallest absolute Gasteiger partial charge is 0.390 e. The van der Waals surface area contributed by atoms with Gasteiger partial charge in [0.2, 0.25) is 0 Å². The highest BCUT2D eigenvalue weighted by atomic mass is 28.4. The average Bonchev–Trinajstić information content (AvgIpc) is 2.47. The Labute approximate surface area is 147 Å². The van der Waals surface area contributed by atoms with E-state index < -0.39 is 32.1 Å². The Morgan fingerprint density at radius 3 is 1.96 bits per heavy atom. The van der Waals surface area contributed by atoms with E-state index in [1.807, 2.05) is 27.7 Å². The maximum atomic E-state index is 13.6. The minimum atomic E-state index is -3.28. The second-order valence-electron chi connectivity index (χ2n) is 6.57. The van der Waals surface area contributed by atoms with Crippen molar-refractivity contribution in [1.29, 1.82) is 0 Å². The molecule has 144 valence electrons. The van der Waals surface area contributed by atoms with Gasteiger partial charge in [0.1, 0.15) is 0 Å². The van der Waals surface area contributed by atoms with E-state index >= 15 is 0 Å². The van der Waals surface area contributed by atoms with Crippen LogP contribution in [0.4, 0.5) is 17.6 Å². The highest BCUT2D eigenvalue weighted by Crippen LogP contribution is 2.22. The van der Waals surface area contributed by atoms with Gasteiger partial charge in [0.05, 0.1) is 0 Å². The Morgan fingerprint density at radius 2 is 1.44 bits per heavy atom. The molecule has 1 N–H and O–H groups in total. The molecule has 0 fully saturated rings. The van der Waals surface area contributed by atoms with Gasteiger partial charge in [-0.1, -0.05) is 6.42 Å². The van der Waals surface area contributed by atoms with Crippen LogP contribution in [0.2, 0.25) is 6.04 Å². The first-order valence-electron chi connectivity index (χ1n) is 8.45. The van der Waals surface area contributed by atoms with Crippen LogP contribution in [0.15, 0.2) is 6.07 Å². The van der Waals surface area contributed by atoms with Gasteiger partial charge in [0.25, 0.3) is 0 Å². The Morgan fingerprint density at radius 1 is 0.880 bits per heavy atom. The number of benzene rings is 1. The van der Waals surface area contributed by atoms with Gasteiger partial charge in [-0.15, -0.1) is 0 Å². The van der Waals surface area contributed by atoms with Crippen LogP contribution in [-0.2, 0) is 15.3 Å². The van der Waals surface area contributed by atoms with E-state index in [1.54, 1.807) is 0 Å². The highest BCUT2D eigenvalue weighted by molar-refractivity contribution is 6.59. The summed E-state index contributed by atoms with van der Waals surface area (Å²) < 4.78 is 63.9. The van der Waals surface area contributed by atoms with E-state index in [-0.39, 0.29) is 24.2 Å². The summed E-state index contributed by atoms with van der Waals surface area (Å²) in [5.41, 5.74) is -0.194. The molecular weight excluding hydrogens is 356 g/mol. The van der Waals surface area contributed by atoms with Crippen LogP contribution in [-0.4, -0.2) is 25.8 Å². The maximum Gasteiger partial charge on any atom is 0.498 e. The molecule has 25 heavy (non-hydrogen) atoms. The molecule has 0 heterocycles. The number of halogens is 4. The molecule has 8 heteroatoms. The molecule has 0 atom stereocenters. The molecule has 0 aromatic heterocycles. The van der Waals surface area contributed by atoms with Crippen molar-refractivity contribution in [2.24, 2.45) is 0 Å². The van der Waals surface area contributed by atoms with Gasteiger partial charge in [-0.05, 0) is 58.6 Å². The summed E-state index contributed by atoms with van der Waals surface area (Å²) in [6.45, 7) is 7.23. The van der Waals surface area contributed by atoms with E-state index in [9.17, 15) is 22.4 Å². The average molecular weight is 382 g/mol. The standard InChI is InChI=1S/C17H26F4O3Si/c1-11(2)23-25(22,24-12(3)4)9-7-5-6-8-13-10-14(18)16(20)17(21)15(13)19/h10-12,22H,5-9H2,1-4H3. The summed E-state index contributed by atoms with van der Waals surface area (Å²) in [5.74, 6) is -6.33. The predicted octanol–water partition coefficient (Wildman–Crippen LogP) is 4.74. The SMILES string of the molecule is CC(C)O[Si](O)(CCCCCc1cc(F)c(F)c(F)c1F)OC(C)C. The maximum absolute atomic E-state index is 13.6. The van der Waals surface area contributed by atoms with Crippen molar-refractivity contribution in [1.82, 2.24) is 0 Å². The number of hydrogen-bond donors (Lipinski definition) is 1. The van der Waals surface area contributed by atoms with Gasteiger partial charge in [0.15, 0.2) is 23.3 Å². The molecule has 0 saturated carbocycles. The number of hydrogen-bond acceptors (Lipinski definition) is 3. The largest absolute Gasteiger partial charge is 0.498 e. The van der Waals surface area contributed by atoms with E-state index in [1.165, 1.54) is 0 Å². The topological polar surface area (TPSA) is 38.7 Å². The normalized spacial score (nSPS) is 12.4. The van der Waals surface area contributed by atoms with Gasteiger partial charge < -0.3 is 13.6 Å². The highest BCUT2D eigenvalue weighted by Gasteiger charge is 2.38. The molecule has 1 rings (SSSR count). The number of aryl methyl sites for hydroxylation is 1. The molecule has 0 saturated heterocycles. The monoisotopic (exact) mass is 382 g/mol. The summed E-state index contributed by atoms with van der Waals surface area (Å²) >= 11 is 0. The van der Waals surface area contributed by atoms with Crippen molar-refractivity contribution in [3.63, 3.8) is 0 Å². The summed E-state index contributed by atoms with van der Waals surface area (Å²) in [7, 11) is -3.28. The first kappa shape index (κ1) is 22.1. The second kappa shape index (κ2) is 9.66. The first-order valence-corrected chi connectivity index (χ1v) is 10.4. The Kier molecular flexibility index (Phi) is 8.53. The fourth-order valence-electron chi connectivity index (χ4n) is 2.53. The van der Waals surface area contributed by atoms with Gasteiger partial charge in [0, 0.05) is 18.3 Å². The fourth-order valence-corrected chi connectivity index (χ4v) is 4.99. The molecule has 3 nitrogen and oxygen atoms in total. The molecule has 0 aliphatic carbocycles. The van der Waals surface area contributed by atoms with E-state index in [0.29, 0.717) is 31.4 Å². The van der Waals surface area contributed by atoms with E-state index in [0.717, 1.165) is 0 Å². The van der Waals surface area contributed by atoms with Crippen molar-refractivity contribution in [2.75, 3.05) is 0 Å². The Bertz CT molecular complexity index is 557. The Balaban J connectivity index is 2.52. The third kappa shape index (κ3) is 7.05. The molecule has 0 bridgehead atoms. The van der Waals surface area contributed by atoms with E-state index in [2.05, 4.69) is 0 Å². The molecule has 1 aromatic carbocycles. The number of unbranched alkanes of at least 4 members (excludes halogenated alkanes) is 2. The van der Waals surface area contributed by atoms with Crippen molar-refractivity contribution in [3.05, 3.63) is 34.9 Å². The van der Waals surface area contributed by atoms with E-state index in [4.69, 9.17) is 8.85 Å². The summed E-state index contributed by atoms with van der Waals surface area (Å²) in [6.07, 6.45) is 1.32. The van der Waals surface area contributed by atoms with Crippen molar-refractivity contribution >= 4 is 8.80 Å². The van der Waals surface area contributed by atoms with Crippen molar-refractivity contribution in [2.45, 2.75) is 71.6 Å². The van der Waals surface area contributed by atoms with Gasteiger partial charge in [-0.3, -0.25) is 0 Å². The summed E-state index contributed by atoms with van der Waals surface area (Å²) in [5, 5.41) is 0. The lowest BCUT2D eigenvalue weighted by Crippen LogP contribution is -2.46. The molecule has 1 aromatic rings. The molecule has 0 spiro atoms. The van der Waals surface area contributed by atoms with Gasteiger partial charge in [-0.2, -0.15) is 0 Å². The van der Waals surface area contributed by atoms with Crippen molar-refractivity contribution in [3.8, 4) is 0 Å². The van der Waals surface area contributed by atoms with Crippen LogP contribution in [0.25, 0.3) is 0 Å². The summed E-state index contributed by atoms with van der Waals surface area (Å²) in [4.78, 5) is 10.5. The lowest BCUT2D eigenvalue weighted by atomic mass is 10.1. The predicted molar refractivity (Wildman–Crippen MR) is 89.1 cm³/mol. The van der Waals surface area contributed by atoms with Crippen LogP contribution in [0, 0.1) is 23.3 Å². The quantitative estimate of drug-likeness (QED) is 0.209. The third-order valence-corrected chi connectivity index (χ3v) is 6.12. The summed E-state index contributed by atoms with van der Waals surface area (Å²) in [6, 6.07) is 1.03. The lowest BCUT2D eigenvalue weighted by Gasteiger charge is -2.28. The van der Waals surface area contributed by atoms with Crippen LogP contribution in [0.3, 0.4) is 0 Å². The zero-order valence-corrected chi connectivity index (χ0v) is 16.0. The van der Waals surface area contributed by atoms with Crippen LogP contribution >= 0.6 is 0 Å². The van der Waals surface area contributed by atoms with Crippen LogP contribution in [0.5, 0.6) is 0 Å². The molecule has 0 radical (unpaired) electrons.